The molecular weight excluding hydrogens is 360 g/mol. The summed E-state index contributed by atoms with van der Waals surface area (Å²) in [6, 6.07) is 20.7. The topological polar surface area (TPSA) is 70.9 Å². The third kappa shape index (κ3) is 2.62. The lowest BCUT2D eigenvalue weighted by molar-refractivity contribution is 1.12. The van der Waals surface area contributed by atoms with Crippen molar-refractivity contribution in [3.63, 3.8) is 0 Å². The van der Waals surface area contributed by atoms with Gasteiger partial charge in [-0.2, -0.15) is 5.10 Å². The first-order valence-corrected chi connectivity index (χ1v) is 9.37. The molecule has 0 bridgehead atoms. The second kappa shape index (κ2) is 6.17. The summed E-state index contributed by atoms with van der Waals surface area (Å²) < 4.78 is 2.00. The zero-order valence-corrected chi connectivity index (χ0v) is 15.4. The molecular formula is C23H16N6. The highest BCUT2D eigenvalue weighted by Crippen LogP contribution is 2.30. The highest BCUT2D eigenvalue weighted by Gasteiger charge is 2.12. The number of benzene rings is 3. The van der Waals surface area contributed by atoms with Crippen molar-refractivity contribution in [3.8, 4) is 11.3 Å². The molecule has 2 N–H and O–H groups in total. The van der Waals surface area contributed by atoms with Crippen LogP contribution in [0, 0.1) is 0 Å². The van der Waals surface area contributed by atoms with Gasteiger partial charge >= 0.3 is 0 Å². The van der Waals surface area contributed by atoms with E-state index in [4.69, 9.17) is 4.98 Å². The Kier molecular flexibility index (Phi) is 3.37. The molecule has 6 nitrogen and oxygen atoms in total. The standard InChI is InChI=1S/C23H16N6/c1-2-6-18-15(4-1)5-3-7-19(18)21-14-29-11-10-24-23(29)22(27-21)26-17-9-8-16-13-25-28-20(16)12-17/h1-14H,(H,25,28)(H,26,27). The maximum atomic E-state index is 4.94. The van der Waals surface area contributed by atoms with Crippen LogP contribution in [0.2, 0.25) is 0 Å². The largest absolute Gasteiger partial charge is 0.337 e. The van der Waals surface area contributed by atoms with Crippen LogP contribution in [0.15, 0.2) is 85.5 Å². The maximum absolute atomic E-state index is 4.94. The minimum absolute atomic E-state index is 0.708. The Morgan fingerprint density at radius 1 is 0.931 bits per heavy atom. The summed E-state index contributed by atoms with van der Waals surface area (Å²) in [4.78, 5) is 9.42. The van der Waals surface area contributed by atoms with Gasteiger partial charge in [0.2, 0.25) is 0 Å². The Labute approximate surface area is 165 Å². The number of rotatable bonds is 3. The number of aromatic amines is 1. The van der Waals surface area contributed by atoms with Gasteiger partial charge in [0.25, 0.3) is 0 Å². The van der Waals surface area contributed by atoms with Gasteiger partial charge in [-0.3, -0.25) is 5.10 Å². The van der Waals surface area contributed by atoms with E-state index in [2.05, 4.69) is 63.0 Å². The van der Waals surface area contributed by atoms with E-state index in [1.54, 1.807) is 6.20 Å². The Balaban J connectivity index is 1.52. The predicted molar refractivity (Wildman–Crippen MR) is 115 cm³/mol. The molecule has 138 valence electrons. The van der Waals surface area contributed by atoms with Crippen molar-refractivity contribution < 1.29 is 0 Å². The third-order valence-electron chi connectivity index (χ3n) is 5.14. The zero-order valence-electron chi connectivity index (χ0n) is 15.4. The van der Waals surface area contributed by atoms with Crippen LogP contribution in [0.1, 0.15) is 0 Å². The summed E-state index contributed by atoms with van der Waals surface area (Å²) in [6.45, 7) is 0. The fraction of sp³-hybridized carbons (Fsp3) is 0. The molecule has 0 amide bonds. The van der Waals surface area contributed by atoms with Crippen LogP contribution in [-0.4, -0.2) is 24.6 Å². The Morgan fingerprint density at radius 3 is 2.86 bits per heavy atom. The lowest BCUT2D eigenvalue weighted by Gasteiger charge is -2.11. The highest BCUT2D eigenvalue weighted by molar-refractivity contribution is 5.96. The molecule has 0 aliphatic carbocycles. The molecule has 3 aromatic carbocycles. The molecule has 0 unspecified atom stereocenters. The number of anilines is 2. The van der Waals surface area contributed by atoms with Crippen molar-refractivity contribution in [1.82, 2.24) is 24.6 Å². The Morgan fingerprint density at radius 2 is 1.86 bits per heavy atom. The summed E-state index contributed by atoms with van der Waals surface area (Å²) in [6.07, 6.45) is 7.56. The van der Waals surface area contributed by atoms with Crippen molar-refractivity contribution in [2.75, 3.05) is 5.32 Å². The van der Waals surface area contributed by atoms with Crippen molar-refractivity contribution in [2.24, 2.45) is 0 Å². The van der Waals surface area contributed by atoms with E-state index in [9.17, 15) is 0 Å². The van der Waals surface area contributed by atoms with Crippen LogP contribution in [0.5, 0.6) is 0 Å². The molecule has 0 aliphatic rings. The number of nitrogens with one attached hydrogen (secondary N) is 2. The van der Waals surface area contributed by atoms with Gasteiger partial charge in [-0.25, -0.2) is 9.97 Å². The van der Waals surface area contributed by atoms with E-state index >= 15 is 0 Å². The summed E-state index contributed by atoms with van der Waals surface area (Å²) in [5.74, 6) is 0.708. The van der Waals surface area contributed by atoms with Gasteiger partial charge in [-0.1, -0.05) is 42.5 Å². The molecule has 0 saturated heterocycles. The second-order valence-electron chi connectivity index (χ2n) is 6.96. The van der Waals surface area contributed by atoms with E-state index in [0.717, 1.165) is 33.5 Å². The van der Waals surface area contributed by atoms with Gasteiger partial charge in [0, 0.05) is 35.2 Å². The van der Waals surface area contributed by atoms with Crippen LogP contribution in [-0.2, 0) is 0 Å². The Bertz CT molecular complexity index is 1490. The third-order valence-corrected chi connectivity index (χ3v) is 5.14. The maximum Gasteiger partial charge on any atom is 0.180 e. The molecule has 0 atom stereocenters. The molecule has 6 heteroatoms. The van der Waals surface area contributed by atoms with E-state index in [1.165, 1.54) is 10.8 Å². The molecule has 3 aromatic heterocycles. The van der Waals surface area contributed by atoms with E-state index in [1.807, 2.05) is 41.2 Å². The molecule has 0 saturated carbocycles. The zero-order chi connectivity index (χ0) is 19.2. The van der Waals surface area contributed by atoms with Crippen LogP contribution >= 0.6 is 0 Å². The van der Waals surface area contributed by atoms with Crippen LogP contribution < -0.4 is 5.32 Å². The number of hydrogen-bond acceptors (Lipinski definition) is 4. The highest BCUT2D eigenvalue weighted by atomic mass is 15.1. The fourth-order valence-corrected chi connectivity index (χ4v) is 3.75. The van der Waals surface area contributed by atoms with Crippen molar-refractivity contribution >= 4 is 38.8 Å². The summed E-state index contributed by atoms with van der Waals surface area (Å²) in [5, 5.41) is 14.0. The first-order valence-electron chi connectivity index (χ1n) is 9.37. The van der Waals surface area contributed by atoms with Gasteiger partial charge in [-0.15, -0.1) is 0 Å². The quantitative estimate of drug-likeness (QED) is 0.447. The number of hydrogen-bond donors (Lipinski definition) is 2. The van der Waals surface area contributed by atoms with Crippen LogP contribution in [0.4, 0.5) is 11.5 Å². The molecule has 0 spiro atoms. The number of H-pyrrole nitrogens is 1. The molecule has 6 aromatic rings. The van der Waals surface area contributed by atoms with Crippen molar-refractivity contribution in [3.05, 3.63) is 85.5 Å². The van der Waals surface area contributed by atoms with Gasteiger partial charge in [0.15, 0.2) is 11.5 Å². The van der Waals surface area contributed by atoms with Crippen LogP contribution in [0.3, 0.4) is 0 Å². The molecule has 0 aliphatic heterocycles. The minimum atomic E-state index is 0.708. The number of aromatic nitrogens is 5. The number of nitrogens with zero attached hydrogens (tertiary/aromatic N) is 4. The average Bonchev–Trinajstić information content (AvgIpc) is 3.42. The van der Waals surface area contributed by atoms with Gasteiger partial charge in [-0.05, 0) is 29.0 Å². The van der Waals surface area contributed by atoms with E-state index in [0.29, 0.717) is 5.82 Å². The summed E-state index contributed by atoms with van der Waals surface area (Å²) in [5.41, 5.74) is 4.65. The predicted octanol–water partition coefficient (Wildman–Crippen LogP) is 5.17. The second-order valence-corrected chi connectivity index (χ2v) is 6.96. The van der Waals surface area contributed by atoms with E-state index < -0.39 is 0 Å². The van der Waals surface area contributed by atoms with Crippen LogP contribution in [0.25, 0.3) is 38.6 Å². The lowest BCUT2D eigenvalue weighted by Crippen LogP contribution is -2.00. The average molecular weight is 376 g/mol. The molecule has 6 rings (SSSR count). The van der Waals surface area contributed by atoms with Crippen molar-refractivity contribution in [2.45, 2.75) is 0 Å². The first-order chi connectivity index (χ1) is 14.3. The normalized spacial score (nSPS) is 11.4. The van der Waals surface area contributed by atoms with Gasteiger partial charge < -0.3 is 9.72 Å². The molecule has 0 fully saturated rings. The number of fused-ring (bicyclic) bond motifs is 3. The molecule has 29 heavy (non-hydrogen) atoms. The first kappa shape index (κ1) is 15.8. The molecule has 0 radical (unpaired) electrons. The molecule has 3 heterocycles. The SMILES string of the molecule is c1ccc2c(-c3cn4ccnc4c(Nc4ccc5cn[nH]c5c4)n3)cccc2c1. The Hall–Kier alpha value is -4.19. The van der Waals surface area contributed by atoms with Crippen molar-refractivity contribution in [1.29, 1.82) is 0 Å². The lowest BCUT2D eigenvalue weighted by atomic mass is 10.0. The van der Waals surface area contributed by atoms with Gasteiger partial charge in [0.05, 0.1) is 17.4 Å². The van der Waals surface area contributed by atoms with Gasteiger partial charge in [0.1, 0.15) is 0 Å². The minimum Gasteiger partial charge on any atom is -0.337 e. The fourth-order valence-electron chi connectivity index (χ4n) is 3.75. The summed E-state index contributed by atoms with van der Waals surface area (Å²) in [7, 11) is 0. The smallest absolute Gasteiger partial charge is 0.180 e. The monoisotopic (exact) mass is 376 g/mol. The van der Waals surface area contributed by atoms with E-state index in [-0.39, 0.29) is 0 Å². The summed E-state index contributed by atoms with van der Waals surface area (Å²) >= 11 is 0. The number of imidazole rings is 1.